The molecule has 0 spiro atoms. The fourth-order valence-corrected chi connectivity index (χ4v) is 12.7. The zero-order valence-electron chi connectivity index (χ0n) is 41.3. The number of hydrogen-bond donors (Lipinski definition) is 2. The highest BCUT2D eigenvalue weighted by molar-refractivity contribution is 7.99. The van der Waals surface area contributed by atoms with Crippen LogP contribution in [0.25, 0.3) is 22.4 Å². The number of ether oxygens (including phenoxy) is 1. The summed E-state index contributed by atoms with van der Waals surface area (Å²) in [4.78, 5) is 20.7. The van der Waals surface area contributed by atoms with E-state index in [-0.39, 0.29) is 29.7 Å². The maximum atomic E-state index is 14.7. The predicted octanol–water partition coefficient (Wildman–Crippen LogP) is 12.9. The molecule has 1 unspecified atom stereocenters. The SMILES string of the molecule is CCOP(=O)(Nc1ccc(N2CCCN(c3cc(C)cc(-c4c(C)c(C)n(C(C)C)c4-c4ccc(Cl)cc4)c3)CC2)cc1)c1ccc(N[C@H](CCN2CCOCC2)CSc2ccccc2)c([N+](=O)[O-])c1. The largest absolute Gasteiger partial charge is 0.379 e. The van der Waals surface area contributed by atoms with Gasteiger partial charge in [0, 0.05) is 108 Å². The number of rotatable bonds is 19. The maximum Gasteiger partial charge on any atom is 0.324 e. The van der Waals surface area contributed by atoms with Gasteiger partial charge in [0.2, 0.25) is 0 Å². The van der Waals surface area contributed by atoms with Gasteiger partial charge in [0.05, 0.1) is 35.7 Å². The van der Waals surface area contributed by atoms with Gasteiger partial charge < -0.3 is 34.0 Å². The number of nitro benzene ring substituents is 1. The summed E-state index contributed by atoms with van der Waals surface area (Å²) in [5, 5.41) is 20.3. The van der Waals surface area contributed by atoms with Gasteiger partial charge in [-0.2, -0.15) is 0 Å². The van der Waals surface area contributed by atoms with E-state index in [0.29, 0.717) is 30.3 Å². The van der Waals surface area contributed by atoms with Gasteiger partial charge >= 0.3 is 7.52 Å². The molecule has 5 aromatic carbocycles. The Kier molecular flexibility index (Phi) is 17.0. The minimum Gasteiger partial charge on any atom is -0.379 e. The minimum absolute atomic E-state index is 0.0624. The monoisotopic (exact) mass is 1000 g/mol. The van der Waals surface area contributed by atoms with E-state index in [9.17, 15) is 14.7 Å². The van der Waals surface area contributed by atoms with Gasteiger partial charge in [-0.15, -0.1) is 11.8 Å². The first-order chi connectivity index (χ1) is 33.8. The van der Waals surface area contributed by atoms with Gasteiger partial charge in [-0.25, -0.2) is 0 Å². The quantitative estimate of drug-likeness (QED) is 0.0350. The van der Waals surface area contributed by atoms with Crippen LogP contribution in [-0.4, -0.2) is 91.8 Å². The summed E-state index contributed by atoms with van der Waals surface area (Å²) < 4.78 is 28.7. The second-order valence-corrected chi connectivity index (χ2v) is 22.2. The van der Waals surface area contributed by atoms with Gasteiger partial charge in [-0.3, -0.25) is 19.6 Å². The summed E-state index contributed by atoms with van der Waals surface area (Å²) in [5.41, 5.74) is 11.7. The summed E-state index contributed by atoms with van der Waals surface area (Å²) in [7, 11) is -3.79. The first-order valence-corrected chi connectivity index (χ1v) is 27.5. The van der Waals surface area contributed by atoms with Crippen molar-refractivity contribution < 1.29 is 18.7 Å². The Morgan fingerprint density at radius 1 is 0.829 bits per heavy atom. The molecule has 0 bridgehead atoms. The van der Waals surface area contributed by atoms with Crippen molar-refractivity contribution in [3.05, 3.63) is 147 Å². The molecule has 3 heterocycles. The molecule has 2 atom stereocenters. The Morgan fingerprint density at radius 3 is 2.20 bits per heavy atom. The van der Waals surface area contributed by atoms with Crippen LogP contribution < -0.4 is 25.5 Å². The van der Waals surface area contributed by atoms with Crippen molar-refractivity contribution in [1.29, 1.82) is 0 Å². The second-order valence-electron chi connectivity index (χ2n) is 18.6. The van der Waals surface area contributed by atoms with Crippen molar-refractivity contribution in [2.45, 2.75) is 71.4 Å². The van der Waals surface area contributed by atoms with Crippen LogP contribution in [0.1, 0.15) is 56.5 Å². The zero-order valence-corrected chi connectivity index (χ0v) is 43.8. The molecule has 0 radical (unpaired) electrons. The first kappa shape index (κ1) is 51.1. The van der Waals surface area contributed by atoms with E-state index in [2.05, 4.69) is 107 Å². The Bertz CT molecular complexity index is 2770. The molecule has 1 aromatic heterocycles. The Labute approximate surface area is 423 Å². The van der Waals surface area contributed by atoms with Crippen LogP contribution in [-0.2, 0) is 13.8 Å². The molecule has 6 aromatic rings. The highest BCUT2D eigenvalue weighted by atomic mass is 35.5. The second kappa shape index (κ2) is 23.3. The Balaban J connectivity index is 0.962. The van der Waals surface area contributed by atoms with Gasteiger partial charge in [0.25, 0.3) is 5.69 Å². The molecule has 2 aliphatic rings. The van der Waals surface area contributed by atoms with E-state index in [4.69, 9.17) is 20.9 Å². The third kappa shape index (κ3) is 12.2. The van der Waals surface area contributed by atoms with Crippen molar-refractivity contribution in [2.24, 2.45) is 0 Å². The van der Waals surface area contributed by atoms with E-state index in [0.717, 1.165) is 79.8 Å². The molecule has 0 saturated carbocycles. The molecule has 370 valence electrons. The molecular formula is C55H67ClN7O5PS. The number of anilines is 4. The molecule has 0 aliphatic carbocycles. The number of halogens is 1. The predicted molar refractivity (Wildman–Crippen MR) is 292 cm³/mol. The fourth-order valence-electron chi connectivity index (χ4n) is 9.78. The lowest BCUT2D eigenvalue weighted by molar-refractivity contribution is -0.383. The van der Waals surface area contributed by atoms with Crippen molar-refractivity contribution >= 4 is 64.6 Å². The van der Waals surface area contributed by atoms with Crippen LogP contribution >= 0.6 is 30.9 Å². The maximum absolute atomic E-state index is 14.7. The van der Waals surface area contributed by atoms with Gasteiger partial charge in [0.1, 0.15) is 5.69 Å². The summed E-state index contributed by atoms with van der Waals surface area (Å²) in [6, 6.07) is 38.2. The molecule has 0 amide bonds. The van der Waals surface area contributed by atoms with Crippen molar-refractivity contribution in [3.63, 3.8) is 0 Å². The Hall–Kier alpha value is -5.27. The number of thioether (sulfide) groups is 1. The average Bonchev–Trinajstić information content (AvgIpc) is 3.46. The first-order valence-electron chi connectivity index (χ1n) is 24.6. The van der Waals surface area contributed by atoms with E-state index in [1.54, 1.807) is 30.8 Å². The van der Waals surface area contributed by atoms with Crippen LogP contribution in [0.5, 0.6) is 0 Å². The lowest BCUT2D eigenvalue weighted by Crippen LogP contribution is -2.39. The number of aromatic nitrogens is 1. The third-order valence-electron chi connectivity index (χ3n) is 13.4. The number of morpholine rings is 1. The van der Waals surface area contributed by atoms with E-state index < -0.39 is 12.4 Å². The molecule has 2 N–H and O–H groups in total. The molecule has 2 fully saturated rings. The number of nitrogens with one attached hydrogen (secondary N) is 2. The molecule has 8 rings (SSSR count). The van der Waals surface area contributed by atoms with Crippen molar-refractivity contribution in [2.75, 3.05) is 91.6 Å². The van der Waals surface area contributed by atoms with Gasteiger partial charge in [0.15, 0.2) is 0 Å². The molecule has 2 saturated heterocycles. The summed E-state index contributed by atoms with van der Waals surface area (Å²) in [6.45, 7) is 20.5. The number of nitrogens with zero attached hydrogens (tertiary/aromatic N) is 5. The van der Waals surface area contributed by atoms with Crippen LogP contribution in [0, 0.1) is 30.9 Å². The topological polar surface area (TPSA) is 117 Å². The fraction of sp³-hybridized carbons (Fsp3) is 0.382. The lowest BCUT2D eigenvalue weighted by atomic mass is 9.95. The van der Waals surface area contributed by atoms with Crippen molar-refractivity contribution in [3.8, 4) is 22.4 Å². The summed E-state index contributed by atoms with van der Waals surface area (Å²) in [5.74, 6) is 0.715. The number of nitro groups is 1. The van der Waals surface area contributed by atoms with Gasteiger partial charge in [-0.1, -0.05) is 48.0 Å². The van der Waals surface area contributed by atoms with Crippen molar-refractivity contribution in [1.82, 2.24) is 9.47 Å². The van der Waals surface area contributed by atoms with E-state index in [1.165, 1.54) is 45.4 Å². The highest BCUT2D eigenvalue weighted by Gasteiger charge is 2.31. The summed E-state index contributed by atoms with van der Waals surface area (Å²) in [6.07, 6.45) is 1.77. The zero-order chi connectivity index (χ0) is 49.4. The van der Waals surface area contributed by atoms with Crippen LogP contribution in [0.2, 0.25) is 5.02 Å². The van der Waals surface area contributed by atoms with Crippen LogP contribution in [0.4, 0.5) is 28.4 Å². The number of aryl methyl sites for hydroxylation is 1. The number of hydrogen-bond acceptors (Lipinski definition) is 10. The highest BCUT2D eigenvalue weighted by Crippen LogP contribution is 2.47. The summed E-state index contributed by atoms with van der Waals surface area (Å²) >= 11 is 8.07. The average molecular weight is 1000 g/mol. The third-order valence-corrected chi connectivity index (χ3v) is 17.0. The molecule has 12 nitrogen and oxygen atoms in total. The standard InChI is InChI=1S/C55H67ClN7O5PS/c1-7-68-69(66,50-22-23-52(53(37-50)63(64)65)57-47(24-27-59-30-32-67-33-31-59)38-70-51-12-9-8-10-13-51)58-46-18-20-48(21-19-46)60-25-11-26-61(29-28-60)49-35-40(4)34-44(36-49)54-41(5)42(6)62(39(2)3)55(54)43-14-16-45(56)17-15-43/h8-10,12-23,34-37,39,47,57H,7,11,24-33,38H2,1-6H3,(H,58,66)/t47-,69?/m1/s1. The van der Waals surface area contributed by atoms with E-state index in [1.807, 2.05) is 54.6 Å². The lowest BCUT2D eigenvalue weighted by Gasteiger charge is -2.29. The molecule has 2 aliphatic heterocycles. The molecule has 70 heavy (non-hydrogen) atoms. The van der Waals surface area contributed by atoms with E-state index >= 15 is 0 Å². The smallest absolute Gasteiger partial charge is 0.324 e. The van der Waals surface area contributed by atoms with Gasteiger partial charge in [-0.05, 0) is 149 Å². The Morgan fingerprint density at radius 2 is 1.53 bits per heavy atom. The minimum atomic E-state index is -3.79. The molecular weight excluding hydrogens is 937 g/mol. The van der Waals surface area contributed by atoms with Crippen LogP contribution in [0.3, 0.4) is 0 Å². The normalized spacial score (nSPS) is 15.9. The van der Waals surface area contributed by atoms with Crippen LogP contribution in [0.15, 0.2) is 120 Å². The number of benzene rings is 5. The molecule has 15 heteroatoms.